The molecule has 4 nitrogen and oxygen atoms in total. The highest BCUT2D eigenvalue weighted by atomic mass is 32.2. The zero-order valence-corrected chi connectivity index (χ0v) is 12.3. The molecule has 1 aliphatic heterocycles. The molecule has 0 aromatic carbocycles. The SMILES string of the molecule is CCCNc1nc(CCOCC(F)F)nc2c1CSC2. The Labute approximate surface area is 121 Å². The quantitative estimate of drug-likeness (QED) is 0.748. The van der Waals surface area contributed by atoms with E-state index in [0.717, 1.165) is 36.0 Å². The van der Waals surface area contributed by atoms with Crippen LogP contribution in [0.5, 0.6) is 0 Å². The van der Waals surface area contributed by atoms with Crippen LogP contribution in [0.2, 0.25) is 0 Å². The summed E-state index contributed by atoms with van der Waals surface area (Å²) in [5.74, 6) is 3.39. The summed E-state index contributed by atoms with van der Waals surface area (Å²) >= 11 is 1.82. The maximum atomic E-state index is 12.0. The summed E-state index contributed by atoms with van der Waals surface area (Å²) in [7, 11) is 0. The normalized spacial score (nSPS) is 13.8. The fourth-order valence-electron chi connectivity index (χ4n) is 1.94. The predicted molar refractivity (Wildman–Crippen MR) is 76.3 cm³/mol. The highest BCUT2D eigenvalue weighted by molar-refractivity contribution is 7.98. The van der Waals surface area contributed by atoms with E-state index in [1.165, 1.54) is 5.56 Å². The Morgan fingerprint density at radius 2 is 2.20 bits per heavy atom. The highest BCUT2D eigenvalue weighted by Gasteiger charge is 2.19. The number of hydrogen-bond acceptors (Lipinski definition) is 5. The van der Waals surface area contributed by atoms with Gasteiger partial charge in [-0.25, -0.2) is 18.7 Å². The van der Waals surface area contributed by atoms with Crippen LogP contribution in [-0.2, 0) is 22.7 Å². The van der Waals surface area contributed by atoms with Crippen molar-refractivity contribution in [2.24, 2.45) is 0 Å². The fraction of sp³-hybridized carbons (Fsp3) is 0.692. The number of anilines is 1. The summed E-state index contributed by atoms with van der Waals surface area (Å²) < 4.78 is 28.8. The van der Waals surface area contributed by atoms with Crippen molar-refractivity contribution < 1.29 is 13.5 Å². The molecule has 2 rings (SSSR count). The highest BCUT2D eigenvalue weighted by Crippen LogP contribution is 2.32. The van der Waals surface area contributed by atoms with Crippen LogP contribution in [0.4, 0.5) is 14.6 Å². The second-order valence-electron chi connectivity index (χ2n) is 4.55. The van der Waals surface area contributed by atoms with Crippen LogP contribution < -0.4 is 5.32 Å². The molecule has 7 heteroatoms. The molecule has 1 aliphatic rings. The van der Waals surface area contributed by atoms with E-state index in [2.05, 4.69) is 22.2 Å². The maximum Gasteiger partial charge on any atom is 0.261 e. The number of thioether (sulfide) groups is 1. The Bertz CT molecular complexity index is 446. The average Bonchev–Trinajstić information content (AvgIpc) is 2.89. The van der Waals surface area contributed by atoms with Crippen molar-refractivity contribution in [2.75, 3.05) is 25.1 Å². The second kappa shape index (κ2) is 7.73. The first-order valence-corrected chi connectivity index (χ1v) is 7.92. The number of hydrogen-bond donors (Lipinski definition) is 1. The molecule has 0 spiro atoms. The summed E-state index contributed by atoms with van der Waals surface area (Å²) in [6.45, 7) is 2.67. The van der Waals surface area contributed by atoms with Crippen LogP contribution in [0.1, 0.15) is 30.4 Å². The van der Waals surface area contributed by atoms with E-state index >= 15 is 0 Å². The number of fused-ring (bicyclic) bond motifs is 1. The molecule has 112 valence electrons. The van der Waals surface area contributed by atoms with Gasteiger partial charge in [0, 0.05) is 30.0 Å². The van der Waals surface area contributed by atoms with E-state index in [0.29, 0.717) is 12.2 Å². The zero-order valence-electron chi connectivity index (χ0n) is 11.5. The van der Waals surface area contributed by atoms with Gasteiger partial charge in [0.2, 0.25) is 0 Å². The van der Waals surface area contributed by atoms with Crippen LogP contribution in [0.25, 0.3) is 0 Å². The molecule has 0 atom stereocenters. The lowest BCUT2D eigenvalue weighted by Crippen LogP contribution is -2.12. The van der Waals surface area contributed by atoms with Crippen molar-refractivity contribution >= 4 is 17.6 Å². The first-order valence-electron chi connectivity index (χ1n) is 6.77. The Hall–Kier alpha value is -0.950. The summed E-state index contributed by atoms with van der Waals surface area (Å²) in [5, 5.41) is 3.32. The number of rotatable bonds is 8. The van der Waals surface area contributed by atoms with Gasteiger partial charge in [-0.3, -0.25) is 0 Å². The topological polar surface area (TPSA) is 47.0 Å². The third-order valence-corrected chi connectivity index (χ3v) is 3.85. The summed E-state index contributed by atoms with van der Waals surface area (Å²) in [5.41, 5.74) is 2.24. The van der Waals surface area contributed by atoms with E-state index in [9.17, 15) is 8.78 Å². The smallest absolute Gasteiger partial charge is 0.261 e. The zero-order chi connectivity index (χ0) is 14.4. The van der Waals surface area contributed by atoms with Crippen molar-refractivity contribution in [1.29, 1.82) is 0 Å². The van der Waals surface area contributed by atoms with E-state index < -0.39 is 13.0 Å². The number of halogens is 2. The monoisotopic (exact) mass is 303 g/mol. The molecule has 0 bridgehead atoms. The molecule has 1 N–H and O–H groups in total. The van der Waals surface area contributed by atoms with Crippen LogP contribution >= 0.6 is 11.8 Å². The molecule has 1 aromatic heterocycles. The molecule has 0 aliphatic carbocycles. The second-order valence-corrected chi connectivity index (χ2v) is 5.53. The molecule has 0 saturated carbocycles. The molecule has 0 fully saturated rings. The van der Waals surface area contributed by atoms with Crippen molar-refractivity contribution in [2.45, 2.75) is 37.7 Å². The minimum atomic E-state index is -2.42. The Morgan fingerprint density at radius 3 is 2.95 bits per heavy atom. The lowest BCUT2D eigenvalue weighted by atomic mass is 10.2. The Kier molecular flexibility index (Phi) is 5.97. The first kappa shape index (κ1) is 15.4. The van der Waals surface area contributed by atoms with E-state index in [-0.39, 0.29) is 6.61 Å². The molecular weight excluding hydrogens is 284 g/mol. The first-order chi connectivity index (χ1) is 9.70. The standard InChI is InChI=1S/C13H19F2N3OS/c1-2-4-16-13-9-7-20-8-10(9)17-12(18-13)3-5-19-6-11(14)15/h11H,2-8H2,1H3,(H,16,17,18). The number of nitrogens with zero attached hydrogens (tertiary/aromatic N) is 2. The van der Waals surface area contributed by atoms with Crippen LogP contribution in [-0.4, -0.2) is 36.2 Å². The summed E-state index contributed by atoms with van der Waals surface area (Å²) in [6.07, 6.45) is -0.932. The number of aromatic nitrogens is 2. The van der Waals surface area contributed by atoms with Gasteiger partial charge >= 0.3 is 0 Å². The summed E-state index contributed by atoms with van der Waals surface area (Å²) in [6, 6.07) is 0. The van der Waals surface area contributed by atoms with E-state index in [4.69, 9.17) is 4.74 Å². The van der Waals surface area contributed by atoms with Crippen LogP contribution in [0, 0.1) is 0 Å². The van der Waals surface area contributed by atoms with Gasteiger partial charge in [-0.2, -0.15) is 11.8 Å². The van der Waals surface area contributed by atoms with Gasteiger partial charge in [-0.15, -0.1) is 0 Å². The molecule has 0 unspecified atom stereocenters. The van der Waals surface area contributed by atoms with Crippen molar-refractivity contribution in [1.82, 2.24) is 9.97 Å². The third kappa shape index (κ3) is 4.28. The molecule has 20 heavy (non-hydrogen) atoms. The number of alkyl halides is 2. The van der Waals surface area contributed by atoms with Gasteiger partial charge in [0.1, 0.15) is 18.2 Å². The number of nitrogens with one attached hydrogen (secondary N) is 1. The van der Waals surface area contributed by atoms with Crippen LogP contribution in [0.3, 0.4) is 0 Å². The predicted octanol–water partition coefficient (Wildman–Crippen LogP) is 2.87. The fourth-order valence-corrected chi connectivity index (χ4v) is 2.98. The molecule has 2 heterocycles. The van der Waals surface area contributed by atoms with Gasteiger partial charge < -0.3 is 10.1 Å². The van der Waals surface area contributed by atoms with Crippen molar-refractivity contribution in [3.05, 3.63) is 17.1 Å². The number of ether oxygens (including phenoxy) is 1. The van der Waals surface area contributed by atoms with Gasteiger partial charge in [0.15, 0.2) is 0 Å². The van der Waals surface area contributed by atoms with Crippen molar-refractivity contribution in [3.8, 4) is 0 Å². The van der Waals surface area contributed by atoms with Crippen molar-refractivity contribution in [3.63, 3.8) is 0 Å². The van der Waals surface area contributed by atoms with Gasteiger partial charge in [0.25, 0.3) is 6.43 Å². The summed E-state index contributed by atoms with van der Waals surface area (Å²) in [4.78, 5) is 8.99. The third-order valence-electron chi connectivity index (χ3n) is 2.88. The van der Waals surface area contributed by atoms with Crippen LogP contribution in [0.15, 0.2) is 0 Å². The molecule has 0 saturated heterocycles. The minimum absolute atomic E-state index is 0.226. The Balaban J connectivity index is 1.98. The molecular formula is C13H19F2N3OS. The van der Waals surface area contributed by atoms with Gasteiger partial charge in [-0.05, 0) is 6.42 Å². The van der Waals surface area contributed by atoms with Gasteiger partial charge in [0.05, 0.1) is 12.3 Å². The maximum absolute atomic E-state index is 12.0. The Morgan fingerprint density at radius 1 is 1.35 bits per heavy atom. The lowest BCUT2D eigenvalue weighted by molar-refractivity contribution is 0.0183. The lowest BCUT2D eigenvalue weighted by Gasteiger charge is -2.11. The largest absolute Gasteiger partial charge is 0.375 e. The van der Waals surface area contributed by atoms with Gasteiger partial charge in [-0.1, -0.05) is 6.92 Å². The van der Waals surface area contributed by atoms with E-state index in [1.807, 2.05) is 11.8 Å². The van der Waals surface area contributed by atoms with E-state index in [1.54, 1.807) is 0 Å². The molecule has 1 aromatic rings. The average molecular weight is 303 g/mol. The molecule has 0 radical (unpaired) electrons. The molecule has 0 amide bonds. The minimum Gasteiger partial charge on any atom is -0.375 e.